The van der Waals surface area contributed by atoms with Crippen molar-refractivity contribution < 1.29 is 17.9 Å². The second-order valence-electron chi connectivity index (χ2n) is 5.92. The predicted octanol–water partition coefficient (Wildman–Crippen LogP) is 3.16. The van der Waals surface area contributed by atoms with Crippen molar-refractivity contribution in [1.82, 2.24) is 0 Å². The van der Waals surface area contributed by atoms with Gasteiger partial charge in [-0.25, -0.2) is 8.42 Å². The molecule has 2 aromatic carbocycles. The minimum atomic E-state index is -3.53. The average molecular weight is 330 g/mol. The van der Waals surface area contributed by atoms with E-state index in [1.807, 2.05) is 0 Å². The maximum atomic E-state index is 12.8. The SMILES string of the molecule is CC(C)C(=O)OCC1c2ccccc2S(=O)(=O)c2ccccc21. The van der Waals surface area contributed by atoms with Gasteiger partial charge < -0.3 is 4.74 Å². The van der Waals surface area contributed by atoms with Crippen LogP contribution in [0.5, 0.6) is 0 Å². The van der Waals surface area contributed by atoms with Gasteiger partial charge in [-0.15, -0.1) is 0 Å². The van der Waals surface area contributed by atoms with Crippen LogP contribution < -0.4 is 0 Å². The Balaban J connectivity index is 2.09. The summed E-state index contributed by atoms with van der Waals surface area (Å²) in [6, 6.07) is 13.8. The predicted molar refractivity (Wildman–Crippen MR) is 86.0 cm³/mol. The Morgan fingerprint density at radius 1 is 1.00 bits per heavy atom. The maximum Gasteiger partial charge on any atom is 0.308 e. The lowest BCUT2D eigenvalue weighted by Gasteiger charge is -2.28. The highest BCUT2D eigenvalue weighted by Gasteiger charge is 2.35. The third kappa shape index (κ3) is 2.65. The fourth-order valence-electron chi connectivity index (χ4n) is 2.82. The summed E-state index contributed by atoms with van der Waals surface area (Å²) in [4.78, 5) is 12.4. The highest BCUT2D eigenvalue weighted by Crippen LogP contribution is 2.41. The highest BCUT2D eigenvalue weighted by atomic mass is 32.2. The Hall–Kier alpha value is -2.14. The van der Waals surface area contributed by atoms with E-state index in [-0.39, 0.29) is 24.4 Å². The maximum absolute atomic E-state index is 12.8. The lowest BCUT2D eigenvalue weighted by atomic mass is 9.91. The molecule has 5 heteroatoms. The number of hydrogen-bond acceptors (Lipinski definition) is 4. The molecule has 0 saturated carbocycles. The monoisotopic (exact) mass is 330 g/mol. The minimum absolute atomic E-state index is 0.139. The molecule has 2 aromatic rings. The molecule has 23 heavy (non-hydrogen) atoms. The molecular formula is C18H18O4S. The van der Waals surface area contributed by atoms with Crippen LogP contribution in [0.3, 0.4) is 0 Å². The first kappa shape index (κ1) is 15.7. The quantitative estimate of drug-likeness (QED) is 0.811. The zero-order valence-electron chi connectivity index (χ0n) is 13.0. The largest absolute Gasteiger partial charge is 0.464 e. The molecule has 120 valence electrons. The second kappa shape index (κ2) is 5.81. The van der Waals surface area contributed by atoms with Crippen molar-refractivity contribution in [3.8, 4) is 0 Å². The molecule has 0 N–H and O–H groups in total. The van der Waals surface area contributed by atoms with Crippen LogP contribution in [0.2, 0.25) is 0 Å². The van der Waals surface area contributed by atoms with Crippen molar-refractivity contribution in [1.29, 1.82) is 0 Å². The Morgan fingerprint density at radius 3 is 1.96 bits per heavy atom. The van der Waals surface area contributed by atoms with Gasteiger partial charge in [0.15, 0.2) is 0 Å². The molecule has 3 rings (SSSR count). The van der Waals surface area contributed by atoms with Gasteiger partial charge in [0.05, 0.1) is 15.7 Å². The Kier molecular flexibility index (Phi) is 3.98. The van der Waals surface area contributed by atoms with Crippen molar-refractivity contribution >= 4 is 15.8 Å². The summed E-state index contributed by atoms with van der Waals surface area (Å²) in [6.07, 6.45) is 0. The van der Waals surface area contributed by atoms with Gasteiger partial charge in [0.25, 0.3) is 0 Å². The van der Waals surface area contributed by atoms with Crippen LogP contribution in [-0.4, -0.2) is 21.0 Å². The van der Waals surface area contributed by atoms with Crippen LogP contribution in [0, 0.1) is 5.92 Å². The molecule has 4 nitrogen and oxygen atoms in total. The van der Waals surface area contributed by atoms with E-state index >= 15 is 0 Å². The smallest absolute Gasteiger partial charge is 0.308 e. The number of ether oxygens (including phenoxy) is 1. The molecule has 0 spiro atoms. The van der Waals surface area contributed by atoms with E-state index in [2.05, 4.69) is 0 Å². The van der Waals surface area contributed by atoms with E-state index in [1.54, 1.807) is 62.4 Å². The second-order valence-corrected chi connectivity index (χ2v) is 7.80. The van der Waals surface area contributed by atoms with Crippen LogP contribution in [-0.2, 0) is 19.4 Å². The Labute approximate surface area is 136 Å². The van der Waals surface area contributed by atoms with Crippen LogP contribution >= 0.6 is 0 Å². The van der Waals surface area contributed by atoms with E-state index < -0.39 is 9.84 Å². The van der Waals surface area contributed by atoms with Crippen LogP contribution in [0.15, 0.2) is 58.3 Å². The first-order valence-electron chi connectivity index (χ1n) is 7.52. The number of rotatable bonds is 3. The molecule has 0 aliphatic carbocycles. The summed E-state index contributed by atoms with van der Waals surface area (Å²) < 4.78 is 31.0. The summed E-state index contributed by atoms with van der Waals surface area (Å²) in [5.41, 5.74) is 1.37. The number of carbonyl (C=O) groups is 1. The molecule has 0 saturated heterocycles. The molecule has 0 fully saturated rings. The fraction of sp³-hybridized carbons (Fsp3) is 0.278. The molecule has 1 aliphatic rings. The topological polar surface area (TPSA) is 60.4 Å². The Morgan fingerprint density at radius 2 is 1.48 bits per heavy atom. The molecule has 1 aliphatic heterocycles. The van der Waals surface area contributed by atoms with E-state index in [0.717, 1.165) is 0 Å². The lowest BCUT2D eigenvalue weighted by Crippen LogP contribution is -2.24. The van der Waals surface area contributed by atoms with E-state index in [1.165, 1.54) is 0 Å². The minimum Gasteiger partial charge on any atom is -0.464 e. The molecule has 0 amide bonds. The number of benzene rings is 2. The zero-order chi connectivity index (χ0) is 16.6. The molecule has 0 atom stereocenters. The van der Waals surface area contributed by atoms with Crippen LogP contribution in [0.4, 0.5) is 0 Å². The summed E-state index contributed by atoms with van der Waals surface area (Å²) in [5, 5.41) is 0. The highest BCUT2D eigenvalue weighted by molar-refractivity contribution is 7.91. The van der Waals surface area contributed by atoms with Gasteiger partial charge >= 0.3 is 5.97 Å². The molecule has 0 bridgehead atoms. The molecule has 0 radical (unpaired) electrons. The number of carbonyl (C=O) groups excluding carboxylic acids is 1. The van der Waals surface area contributed by atoms with Crippen LogP contribution in [0.1, 0.15) is 30.9 Å². The number of sulfone groups is 1. The third-order valence-corrected chi connectivity index (χ3v) is 5.93. The fourth-order valence-corrected chi connectivity index (χ4v) is 4.62. The van der Waals surface area contributed by atoms with Gasteiger partial charge in [0.1, 0.15) is 6.61 Å². The zero-order valence-corrected chi connectivity index (χ0v) is 13.8. The van der Waals surface area contributed by atoms with Crippen LogP contribution in [0.25, 0.3) is 0 Å². The van der Waals surface area contributed by atoms with Gasteiger partial charge in [-0.1, -0.05) is 50.2 Å². The van der Waals surface area contributed by atoms with Crippen molar-refractivity contribution in [2.75, 3.05) is 6.61 Å². The lowest BCUT2D eigenvalue weighted by molar-refractivity contribution is -0.147. The summed E-state index contributed by atoms with van der Waals surface area (Å²) in [7, 11) is -3.53. The first-order chi connectivity index (χ1) is 10.9. The normalized spacial score (nSPS) is 15.8. The van der Waals surface area contributed by atoms with Crippen molar-refractivity contribution in [3.63, 3.8) is 0 Å². The van der Waals surface area contributed by atoms with Crippen molar-refractivity contribution in [2.24, 2.45) is 5.92 Å². The number of fused-ring (bicyclic) bond motifs is 2. The van der Waals surface area contributed by atoms with Gasteiger partial charge in [-0.05, 0) is 23.3 Å². The molecule has 1 heterocycles. The van der Waals surface area contributed by atoms with E-state index in [4.69, 9.17) is 4.74 Å². The van der Waals surface area contributed by atoms with Gasteiger partial charge in [-0.2, -0.15) is 0 Å². The van der Waals surface area contributed by atoms with Gasteiger partial charge in [0, 0.05) is 5.92 Å². The molecular weight excluding hydrogens is 312 g/mol. The van der Waals surface area contributed by atoms with Crippen molar-refractivity contribution in [2.45, 2.75) is 29.6 Å². The van der Waals surface area contributed by atoms with E-state index in [0.29, 0.717) is 20.9 Å². The standard InChI is InChI=1S/C18H18O4S/c1-12(2)18(19)22-11-15-13-7-3-5-9-16(13)23(20,21)17-10-6-4-8-14(15)17/h3-10,12,15H,11H2,1-2H3. The number of hydrogen-bond donors (Lipinski definition) is 0. The first-order valence-corrected chi connectivity index (χ1v) is 9.01. The summed E-state index contributed by atoms with van der Waals surface area (Å²) in [5.74, 6) is -0.769. The molecule has 0 unspecified atom stereocenters. The van der Waals surface area contributed by atoms with E-state index in [9.17, 15) is 13.2 Å². The number of esters is 1. The molecule has 0 aromatic heterocycles. The van der Waals surface area contributed by atoms with Gasteiger partial charge in [-0.3, -0.25) is 4.79 Å². The average Bonchev–Trinajstić information content (AvgIpc) is 2.54. The summed E-state index contributed by atoms with van der Waals surface area (Å²) in [6.45, 7) is 3.69. The third-order valence-electron chi connectivity index (χ3n) is 4.03. The summed E-state index contributed by atoms with van der Waals surface area (Å²) >= 11 is 0. The van der Waals surface area contributed by atoms with Gasteiger partial charge in [0.2, 0.25) is 9.84 Å². The Bertz CT molecular complexity index is 799. The van der Waals surface area contributed by atoms with Crippen molar-refractivity contribution in [3.05, 3.63) is 59.7 Å².